The molecule has 1 N–H and O–H groups in total. The Morgan fingerprint density at radius 2 is 2.29 bits per heavy atom. The predicted molar refractivity (Wildman–Crippen MR) is 81.8 cm³/mol. The summed E-state index contributed by atoms with van der Waals surface area (Å²) >= 11 is 0. The first-order valence-corrected chi connectivity index (χ1v) is 8.05. The van der Waals surface area contributed by atoms with Gasteiger partial charge in [-0.05, 0) is 32.6 Å². The fraction of sp³-hybridized carbons (Fsp3) is 0.750. The second-order valence-electron chi connectivity index (χ2n) is 5.82. The maximum Gasteiger partial charge on any atom is 0.308 e. The Morgan fingerprint density at radius 1 is 1.48 bits per heavy atom. The van der Waals surface area contributed by atoms with E-state index in [1.807, 2.05) is 18.7 Å². The fourth-order valence-corrected chi connectivity index (χ4v) is 3.13. The van der Waals surface area contributed by atoms with E-state index in [-0.39, 0.29) is 11.9 Å². The van der Waals surface area contributed by atoms with Gasteiger partial charge in [0.1, 0.15) is 0 Å². The number of ether oxygens (including phenoxy) is 1. The van der Waals surface area contributed by atoms with Gasteiger partial charge in [0.25, 0.3) is 0 Å². The quantitative estimate of drug-likeness (QED) is 0.817. The summed E-state index contributed by atoms with van der Waals surface area (Å²) in [5, 5.41) is 8.05. The van der Waals surface area contributed by atoms with Gasteiger partial charge in [0.2, 0.25) is 0 Å². The molecule has 0 saturated heterocycles. The molecular weight excluding hydrogens is 266 g/mol. The van der Waals surface area contributed by atoms with E-state index in [1.54, 1.807) is 0 Å². The van der Waals surface area contributed by atoms with Crippen LogP contribution in [0.4, 0.5) is 0 Å². The Bertz CT molecular complexity index is 470. The van der Waals surface area contributed by atoms with E-state index in [2.05, 4.69) is 23.5 Å². The van der Waals surface area contributed by atoms with E-state index in [0.717, 1.165) is 44.3 Å². The molecule has 1 aliphatic rings. The fourth-order valence-electron chi connectivity index (χ4n) is 3.13. The van der Waals surface area contributed by atoms with Crippen LogP contribution in [0.2, 0.25) is 0 Å². The molecule has 1 heterocycles. The molecule has 0 aromatic carbocycles. The van der Waals surface area contributed by atoms with Crippen molar-refractivity contribution in [1.82, 2.24) is 15.1 Å². The molecule has 118 valence electrons. The number of aromatic nitrogens is 2. The summed E-state index contributed by atoms with van der Waals surface area (Å²) in [5.41, 5.74) is 2.42. The van der Waals surface area contributed by atoms with Crippen molar-refractivity contribution in [1.29, 1.82) is 0 Å². The third kappa shape index (κ3) is 4.30. The molecule has 21 heavy (non-hydrogen) atoms. The van der Waals surface area contributed by atoms with Gasteiger partial charge < -0.3 is 10.1 Å². The van der Waals surface area contributed by atoms with Gasteiger partial charge >= 0.3 is 5.97 Å². The zero-order chi connectivity index (χ0) is 15.2. The van der Waals surface area contributed by atoms with Crippen molar-refractivity contribution in [3.63, 3.8) is 0 Å². The first-order chi connectivity index (χ1) is 10.1. The zero-order valence-electron chi connectivity index (χ0n) is 13.4. The smallest absolute Gasteiger partial charge is 0.308 e. The number of aryl methyl sites for hydroxylation is 2. The maximum absolute atomic E-state index is 11.9. The lowest BCUT2D eigenvalue weighted by molar-refractivity contribution is -0.149. The molecular formula is C16H27N3O2. The normalized spacial score (nSPS) is 22.2. The lowest BCUT2D eigenvalue weighted by Gasteiger charge is -2.28. The first kappa shape index (κ1) is 16.0. The summed E-state index contributed by atoms with van der Waals surface area (Å²) in [4.78, 5) is 11.9. The molecule has 0 spiro atoms. The van der Waals surface area contributed by atoms with E-state index in [9.17, 15) is 4.79 Å². The first-order valence-electron chi connectivity index (χ1n) is 8.05. The van der Waals surface area contributed by atoms with Crippen LogP contribution in [0.5, 0.6) is 0 Å². The topological polar surface area (TPSA) is 56.1 Å². The van der Waals surface area contributed by atoms with E-state index in [1.165, 1.54) is 5.56 Å². The summed E-state index contributed by atoms with van der Waals surface area (Å²) in [6, 6.07) is 0.401. The summed E-state index contributed by atoms with van der Waals surface area (Å²) in [5.74, 6) is 0.0374. The highest BCUT2D eigenvalue weighted by atomic mass is 16.5. The van der Waals surface area contributed by atoms with Gasteiger partial charge in [-0.25, -0.2) is 0 Å². The summed E-state index contributed by atoms with van der Waals surface area (Å²) < 4.78 is 7.03. The Labute approximate surface area is 127 Å². The van der Waals surface area contributed by atoms with Crippen LogP contribution < -0.4 is 5.32 Å². The van der Waals surface area contributed by atoms with Gasteiger partial charge in [-0.1, -0.05) is 13.3 Å². The number of hydrogen-bond donors (Lipinski definition) is 1. The number of nitrogens with zero attached hydrogens (tertiary/aromatic N) is 2. The van der Waals surface area contributed by atoms with Crippen molar-refractivity contribution < 1.29 is 9.53 Å². The Kier molecular flexibility index (Phi) is 5.79. The summed E-state index contributed by atoms with van der Waals surface area (Å²) in [6.07, 6.45) is 7.11. The van der Waals surface area contributed by atoms with Crippen molar-refractivity contribution in [2.24, 2.45) is 13.0 Å². The van der Waals surface area contributed by atoms with Gasteiger partial charge in [-0.15, -0.1) is 0 Å². The van der Waals surface area contributed by atoms with E-state index >= 15 is 0 Å². The van der Waals surface area contributed by atoms with Crippen molar-refractivity contribution >= 4 is 5.97 Å². The molecule has 5 nitrogen and oxygen atoms in total. The van der Waals surface area contributed by atoms with Crippen molar-refractivity contribution in [3.8, 4) is 0 Å². The highest BCUT2D eigenvalue weighted by molar-refractivity contribution is 5.72. The van der Waals surface area contributed by atoms with E-state index < -0.39 is 0 Å². The number of esters is 1. The molecule has 1 aliphatic carbocycles. The summed E-state index contributed by atoms with van der Waals surface area (Å²) in [6.45, 7) is 5.30. The molecule has 0 amide bonds. The molecule has 1 saturated carbocycles. The third-order valence-corrected chi connectivity index (χ3v) is 4.20. The molecule has 0 radical (unpaired) electrons. The van der Waals surface area contributed by atoms with Gasteiger partial charge in [0.05, 0.1) is 18.2 Å². The Balaban J connectivity index is 1.86. The van der Waals surface area contributed by atoms with Gasteiger partial charge in [0, 0.05) is 31.4 Å². The average molecular weight is 293 g/mol. The zero-order valence-corrected chi connectivity index (χ0v) is 13.4. The minimum Gasteiger partial charge on any atom is -0.466 e. The van der Waals surface area contributed by atoms with Crippen LogP contribution in [0.1, 0.15) is 50.8 Å². The molecule has 1 aromatic heterocycles. The van der Waals surface area contributed by atoms with Crippen molar-refractivity contribution in [3.05, 3.63) is 17.5 Å². The number of carbonyl (C=O) groups is 1. The molecule has 1 aromatic rings. The second kappa shape index (κ2) is 7.59. The number of hydrogen-bond acceptors (Lipinski definition) is 4. The van der Waals surface area contributed by atoms with Crippen LogP contribution in [-0.4, -0.2) is 28.4 Å². The van der Waals surface area contributed by atoms with Crippen LogP contribution in [0.25, 0.3) is 0 Å². The van der Waals surface area contributed by atoms with Crippen LogP contribution in [0.15, 0.2) is 6.20 Å². The second-order valence-corrected chi connectivity index (χ2v) is 5.82. The van der Waals surface area contributed by atoms with Crippen molar-refractivity contribution in [2.75, 3.05) is 6.61 Å². The van der Waals surface area contributed by atoms with Crippen LogP contribution >= 0.6 is 0 Å². The highest BCUT2D eigenvalue weighted by Gasteiger charge is 2.28. The molecule has 2 unspecified atom stereocenters. The monoisotopic (exact) mass is 293 g/mol. The minimum absolute atomic E-state index is 0.0281. The maximum atomic E-state index is 11.9. The number of carbonyl (C=O) groups excluding carboxylic acids is 1. The van der Waals surface area contributed by atoms with Crippen LogP contribution in [0, 0.1) is 5.92 Å². The molecule has 2 atom stereocenters. The van der Waals surface area contributed by atoms with Gasteiger partial charge in [-0.2, -0.15) is 5.10 Å². The highest BCUT2D eigenvalue weighted by Crippen LogP contribution is 2.25. The SMILES string of the molecule is CCOC(=O)C1CCCC(NCc2cn(C)nc2CC)C1. The lowest BCUT2D eigenvalue weighted by Crippen LogP contribution is -2.36. The third-order valence-electron chi connectivity index (χ3n) is 4.20. The lowest BCUT2D eigenvalue weighted by atomic mass is 9.85. The Hall–Kier alpha value is -1.36. The molecule has 1 fully saturated rings. The van der Waals surface area contributed by atoms with E-state index in [4.69, 9.17) is 4.74 Å². The van der Waals surface area contributed by atoms with Gasteiger partial charge in [-0.3, -0.25) is 9.48 Å². The van der Waals surface area contributed by atoms with E-state index in [0.29, 0.717) is 12.6 Å². The molecule has 0 bridgehead atoms. The van der Waals surface area contributed by atoms with Crippen LogP contribution in [0.3, 0.4) is 0 Å². The molecule has 5 heteroatoms. The van der Waals surface area contributed by atoms with Gasteiger partial charge in [0.15, 0.2) is 0 Å². The molecule has 0 aliphatic heterocycles. The number of rotatable bonds is 6. The number of nitrogens with one attached hydrogen (secondary N) is 1. The predicted octanol–water partition coefficient (Wildman–Crippen LogP) is 2.19. The largest absolute Gasteiger partial charge is 0.466 e. The van der Waals surface area contributed by atoms with Crippen LogP contribution in [-0.2, 0) is 29.5 Å². The molecule has 2 rings (SSSR count). The minimum atomic E-state index is -0.0281. The van der Waals surface area contributed by atoms with Crippen molar-refractivity contribution in [2.45, 2.75) is 58.5 Å². The Morgan fingerprint density at radius 3 is 3.00 bits per heavy atom. The average Bonchev–Trinajstić information content (AvgIpc) is 2.86. The summed E-state index contributed by atoms with van der Waals surface area (Å²) in [7, 11) is 1.96. The standard InChI is InChI=1S/C16H27N3O2/c1-4-15-13(11-19(3)18-15)10-17-14-8-6-7-12(9-14)16(20)21-5-2/h11-12,14,17H,4-10H2,1-3H3.